The summed E-state index contributed by atoms with van der Waals surface area (Å²) in [7, 11) is 0. The van der Waals surface area contributed by atoms with Gasteiger partial charge < -0.3 is 10.2 Å². The third-order valence-electron chi connectivity index (χ3n) is 1.87. The molecule has 0 aliphatic carbocycles. The number of ether oxygens (including phenoxy) is 1. The van der Waals surface area contributed by atoms with Gasteiger partial charge in [0, 0.05) is 0 Å². The smallest absolute Gasteiger partial charge is 0.239 e. The number of nitrogens with zero attached hydrogens (tertiary/aromatic N) is 2. The van der Waals surface area contributed by atoms with Gasteiger partial charge in [-0.2, -0.15) is 4.98 Å². The lowest BCUT2D eigenvalue weighted by Crippen LogP contribution is -2.09. The van der Waals surface area contributed by atoms with Crippen molar-refractivity contribution in [2.45, 2.75) is 0 Å². The topological polar surface area (TPSA) is 73.1 Å². The lowest BCUT2D eigenvalue weighted by molar-refractivity contribution is 0.459. The number of aromatic nitrogens is 2. The van der Waals surface area contributed by atoms with Crippen molar-refractivity contribution in [3.63, 3.8) is 0 Å². The van der Waals surface area contributed by atoms with E-state index >= 15 is 0 Å². The Labute approximate surface area is 101 Å². The molecule has 0 unspecified atom stereocenters. The van der Waals surface area contributed by atoms with E-state index in [1.165, 1.54) is 24.5 Å². The predicted molar refractivity (Wildman–Crippen MR) is 61.3 cm³/mol. The fourth-order valence-corrected chi connectivity index (χ4v) is 1.34. The van der Waals surface area contributed by atoms with Gasteiger partial charge in [0.25, 0.3) is 0 Å². The van der Waals surface area contributed by atoms with Crippen molar-refractivity contribution in [1.82, 2.24) is 9.97 Å². The number of halogens is 2. The molecule has 0 aliphatic rings. The van der Waals surface area contributed by atoms with Gasteiger partial charge in [-0.15, -0.1) is 0 Å². The maximum absolute atomic E-state index is 12.8. The molecule has 0 saturated heterocycles. The van der Waals surface area contributed by atoms with E-state index in [1.54, 1.807) is 0 Å². The Bertz CT molecular complexity index is 537. The number of anilines is 1. The summed E-state index contributed by atoms with van der Waals surface area (Å²) in [5.41, 5.74) is 2.33. The minimum Gasteiger partial charge on any atom is -0.436 e. The summed E-state index contributed by atoms with van der Waals surface area (Å²) >= 11 is 5.80. The number of nitrogen functional groups attached to an aromatic ring is 1. The molecule has 0 fully saturated rings. The summed E-state index contributed by atoms with van der Waals surface area (Å²) in [6.07, 6.45) is 2.82. The Kier molecular flexibility index (Phi) is 3.36. The van der Waals surface area contributed by atoms with Gasteiger partial charge in [-0.1, -0.05) is 11.6 Å². The zero-order valence-corrected chi connectivity index (χ0v) is 9.28. The van der Waals surface area contributed by atoms with E-state index in [9.17, 15) is 4.39 Å². The van der Waals surface area contributed by atoms with Crippen LogP contribution in [0.3, 0.4) is 0 Å². The molecule has 88 valence electrons. The first-order chi connectivity index (χ1) is 8.19. The molecule has 5 nitrogen and oxygen atoms in total. The summed E-state index contributed by atoms with van der Waals surface area (Å²) in [4.78, 5) is 7.83. The van der Waals surface area contributed by atoms with Crippen LogP contribution in [0.5, 0.6) is 11.6 Å². The fraction of sp³-hybridized carbons (Fsp3) is 0. The van der Waals surface area contributed by atoms with Crippen LogP contribution < -0.4 is 16.0 Å². The highest BCUT2D eigenvalue weighted by Crippen LogP contribution is 2.28. The molecule has 0 radical (unpaired) electrons. The second-order valence-electron chi connectivity index (χ2n) is 3.06. The van der Waals surface area contributed by atoms with Crippen LogP contribution in [-0.2, 0) is 0 Å². The van der Waals surface area contributed by atoms with Gasteiger partial charge in [0.1, 0.15) is 11.6 Å². The number of benzene rings is 1. The number of rotatable bonds is 3. The van der Waals surface area contributed by atoms with Gasteiger partial charge in [0.2, 0.25) is 5.88 Å². The van der Waals surface area contributed by atoms with Crippen molar-refractivity contribution < 1.29 is 9.13 Å². The molecule has 0 aliphatic heterocycles. The summed E-state index contributed by atoms with van der Waals surface area (Å²) in [6.45, 7) is 0. The molecule has 3 N–H and O–H groups in total. The molecule has 7 heteroatoms. The van der Waals surface area contributed by atoms with Gasteiger partial charge in [0.05, 0.1) is 17.4 Å². The van der Waals surface area contributed by atoms with Crippen molar-refractivity contribution in [2.75, 3.05) is 5.43 Å². The third-order valence-corrected chi connectivity index (χ3v) is 2.16. The van der Waals surface area contributed by atoms with Gasteiger partial charge in [-0.25, -0.2) is 10.2 Å². The highest BCUT2D eigenvalue weighted by atomic mass is 35.5. The van der Waals surface area contributed by atoms with Gasteiger partial charge in [-0.3, -0.25) is 4.98 Å². The van der Waals surface area contributed by atoms with Gasteiger partial charge in [0.15, 0.2) is 5.82 Å². The minimum absolute atomic E-state index is 0.151. The highest BCUT2D eigenvalue weighted by molar-refractivity contribution is 6.32. The van der Waals surface area contributed by atoms with Crippen LogP contribution in [0.2, 0.25) is 5.02 Å². The quantitative estimate of drug-likeness (QED) is 0.650. The van der Waals surface area contributed by atoms with Gasteiger partial charge >= 0.3 is 0 Å². The molecule has 2 rings (SSSR count). The van der Waals surface area contributed by atoms with Crippen molar-refractivity contribution in [2.24, 2.45) is 5.84 Å². The molecule has 0 atom stereocenters. The Balaban J connectivity index is 2.25. The summed E-state index contributed by atoms with van der Waals surface area (Å²) < 4.78 is 18.1. The largest absolute Gasteiger partial charge is 0.436 e. The Morgan fingerprint density at radius 1 is 1.35 bits per heavy atom. The van der Waals surface area contributed by atoms with Crippen LogP contribution in [-0.4, -0.2) is 9.97 Å². The molecule has 0 spiro atoms. The predicted octanol–water partition coefficient (Wildman–Crippen LogP) is 2.35. The van der Waals surface area contributed by atoms with E-state index in [4.69, 9.17) is 22.2 Å². The van der Waals surface area contributed by atoms with Crippen LogP contribution >= 0.6 is 11.6 Å². The maximum atomic E-state index is 12.8. The molecule has 17 heavy (non-hydrogen) atoms. The van der Waals surface area contributed by atoms with E-state index in [1.807, 2.05) is 0 Å². The molecule has 1 aromatic heterocycles. The van der Waals surface area contributed by atoms with Crippen molar-refractivity contribution in [1.29, 1.82) is 0 Å². The van der Waals surface area contributed by atoms with Crippen molar-refractivity contribution in [3.8, 4) is 11.6 Å². The molecular formula is C10H8ClFN4O. The first-order valence-electron chi connectivity index (χ1n) is 4.60. The molecule has 1 heterocycles. The number of hydrogen-bond donors (Lipinski definition) is 2. The molecule has 2 aromatic rings. The van der Waals surface area contributed by atoms with Crippen LogP contribution in [0, 0.1) is 5.82 Å². The zero-order chi connectivity index (χ0) is 12.3. The fourth-order valence-electron chi connectivity index (χ4n) is 1.14. The molecule has 0 saturated carbocycles. The van der Waals surface area contributed by atoms with Crippen LogP contribution in [0.1, 0.15) is 0 Å². The number of hydrazine groups is 1. The zero-order valence-electron chi connectivity index (χ0n) is 8.52. The lowest BCUT2D eigenvalue weighted by Gasteiger charge is -2.07. The molecular weight excluding hydrogens is 247 g/mol. The van der Waals surface area contributed by atoms with E-state index in [0.717, 1.165) is 6.07 Å². The number of nitrogens with two attached hydrogens (primary N) is 1. The van der Waals surface area contributed by atoms with E-state index < -0.39 is 5.82 Å². The maximum Gasteiger partial charge on any atom is 0.239 e. The second kappa shape index (κ2) is 4.94. The van der Waals surface area contributed by atoms with Gasteiger partial charge in [-0.05, 0) is 18.2 Å². The van der Waals surface area contributed by atoms with Crippen LogP contribution in [0.15, 0.2) is 30.6 Å². The average molecular weight is 255 g/mol. The Morgan fingerprint density at radius 3 is 2.88 bits per heavy atom. The van der Waals surface area contributed by atoms with E-state index in [2.05, 4.69) is 15.4 Å². The molecule has 1 aromatic carbocycles. The summed E-state index contributed by atoms with van der Waals surface area (Å²) in [6, 6.07) is 3.79. The second-order valence-corrected chi connectivity index (χ2v) is 3.47. The summed E-state index contributed by atoms with van der Waals surface area (Å²) in [5.74, 6) is 5.58. The van der Waals surface area contributed by atoms with Crippen molar-refractivity contribution >= 4 is 17.4 Å². The minimum atomic E-state index is -0.439. The summed E-state index contributed by atoms with van der Waals surface area (Å²) in [5, 5.41) is 0.151. The SMILES string of the molecule is NNc1cncc(Oc2ccc(F)cc2Cl)n1. The normalized spacial score (nSPS) is 10.1. The Hall–Kier alpha value is -1.92. The van der Waals surface area contributed by atoms with Crippen LogP contribution in [0.25, 0.3) is 0 Å². The lowest BCUT2D eigenvalue weighted by atomic mass is 10.3. The first-order valence-corrected chi connectivity index (χ1v) is 4.98. The number of hydrogen-bond acceptors (Lipinski definition) is 5. The standard InChI is InChI=1S/C10H8ClFN4O/c11-7-3-6(12)1-2-8(7)17-10-5-14-4-9(15-10)16-13/h1-5H,13H2,(H,15,16). The third kappa shape index (κ3) is 2.80. The molecule has 0 bridgehead atoms. The van der Waals surface area contributed by atoms with E-state index in [0.29, 0.717) is 5.82 Å². The monoisotopic (exact) mass is 254 g/mol. The molecule has 0 amide bonds. The average Bonchev–Trinajstić information content (AvgIpc) is 2.33. The highest BCUT2D eigenvalue weighted by Gasteiger charge is 2.06. The van der Waals surface area contributed by atoms with E-state index in [-0.39, 0.29) is 16.7 Å². The number of nitrogens with one attached hydrogen (secondary N) is 1. The first kappa shape index (κ1) is 11.6. The van der Waals surface area contributed by atoms with Crippen LogP contribution in [0.4, 0.5) is 10.2 Å². The Morgan fingerprint density at radius 2 is 2.18 bits per heavy atom. The van der Waals surface area contributed by atoms with Crippen molar-refractivity contribution in [3.05, 3.63) is 41.4 Å².